The van der Waals surface area contributed by atoms with Gasteiger partial charge in [-0.2, -0.15) is 70.6 Å². The molecular formula is C12H20S6. The first kappa shape index (κ1) is 15.0. The van der Waals surface area contributed by atoms with Crippen LogP contribution in [0.25, 0.3) is 0 Å². The Morgan fingerprint density at radius 3 is 1.67 bits per heavy atom. The molecule has 3 fully saturated rings. The van der Waals surface area contributed by atoms with E-state index in [-0.39, 0.29) is 0 Å². The topological polar surface area (TPSA) is 0 Å². The van der Waals surface area contributed by atoms with Crippen LogP contribution in [-0.2, 0) is 0 Å². The molecule has 0 saturated carbocycles. The maximum Gasteiger partial charge on any atom is 0.0229 e. The standard InChI is InChI=1S/C12H20S6/c1(13-3-10-5-16-10)9(15-7-12-8-18-12)2-14-4-11-6-17-11/h9-12H,1-8H2. The molecule has 0 aromatic heterocycles. The van der Waals surface area contributed by atoms with E-state index in [1.165, 1.54) is 46.0 Å². The van der Waals surface area contributed by atoms with E-state index < -0.39 is 0 Å². The van der Waals surface area contributed by atoms with Crippen LogP contribution in [-0.4, -0.2) is 67.0 Å². The summed E-state index contributed by atoms with van der Waals surface area (Å²) in [5, 5.41) is 3.93. The average molecular weight is 357 g/mol. The van der Waals surface area contributed by atoms with Gasteiger partial charge in [0.1, 0.15) is 0 Å². The van der Waals surface area contributed by atoms with Gasteiger partial charge < -0.3 is 0 Å². The van der Waals surface area contributed by atoms with Crippen molar-refractivity contribution in [2.24, 2.45) is 0 Å². The predicted octanol–water partition coefficient (Wildman–Crippen LogP) is 3.90. The average Bonchev–Trinajstić information content (AvgIpc) is 3.23. The van der Waals surface area contributed by atoms with E-state index in [0.717, 1.165) is 21.0 Å². The van der Waals surface area contributed by atoms with Crippen LogP contribution < -0.4 is 0 Å². The lowest BCUT2D eigenvalue weighted by molar-refractivity contribution is 1.12. The van der Waals surface area contributed by atoms with E-state index >= 15 is 0 Å². The zero-order valence-corrected chi connectivity index (χ0v) is 15.3. The highest BCUT2D eigenvalue weighted by Crippen LogP contribution is 2.38. The molecule has 6 heteroatoms. The first-order chi connectivity index (χ1) is 8.90. The number of thioether (sulfide) groups is 6. The van der Waals surface area contributed by atoms with E-state index in [0.29, 0.717) is 0 Å². The Kier molecular flexibility index (Phi) is 6.61. The van der Waals surface area contributed by atoms with E-state index in [4.69, 9.17) is 0 Å². The molecule has 3 aliphatic rings. The Bertz CT molecular complexity index is 231. The fourth-order valence-corrected chi connectivity index (χ4v) is 8.62. The monoisotopic (exact) mass is 356 g/mol. The minimum absolute atomic E-state index is 0.911. The maximum atomic E-state index is 2.26. The van der Waals surface area contributed by atoms with E-state index in [1.54, 1.807) is 0 Å². The maximum absolute atomic E-state index is 2.26. The molecule has 0 N–H and O–H groups in total. The molecule has 3 unspecified atom stereocenters. The van der Waals surface area contributed by atoms with Gasteiger partial charge in [-0.1, -0.05) is 0 Å². The first-order valence-corrected chi connectivity index (χ1v) is 13.0. The van der Waals surface area contributed by atoms with Gasteiger partial charge in [-0.15, -0.1) is 0 Å². The molecule has 0 bridgehead atoms. The van der Waals surface area contributed by atoms with Gasteiger partial charge in [-0.05, 0) is 0 Å². The third-order valence-corrected chi connectivity index (χ3v) is 10.9. The highest BCUT2D eigenvalue weighted by atomic mass is 32.2. The molecule has 104 valence electrons. The van der Waals surface area contributed by atoms with Crippen LogP contribution in [0.4, 0.5) is 0 Å². The van der Waals surface area contributed by atoms with Crippen molar-refractivity contribution in [1.82, 2.24) is 0 Å². The van der Waals surface area contributed by atoms with Crippen LogP contribution in [0.2, 0.25) is 0 Å². The third-order valence-electron chi connectivity index (χ3n) is 2.94. The Morgan fingerprint density at radius 2 is 1.22 bits per heavy atom. The summed E-state index contributed by atoms with van der Waals surface area (Å²) < 4.78 is 0. The summed E-state index contributed by atoms with van der Waals surface area (Å²) in [6.45, 7) is 0. The Hall–Kier alpha value is 2.10. The summed E-state index contributed by atoms with van der Waals surface area (Å²) in [6.07, 6.45) is 0. The molecule has 3 aliphatic heterocycles. The lowest BCUT2D eigenvalue weighted by Gasteiger charge is -2.15. The van der Waals surface area contributed by atoms with Gasteiger partial charge >= 0.3 is 0 Å². The molecule has 0 radical (unpaired) electrons. The molecule has 0 amide bonds. The second kappa shape index (κ2) is 7.92. The molecule has 0 spiro atoms. The number of hydrogen-bond donors (Lipinski definition) is 0. The fraction of sp³-hybridized carbons (Fsp3) is 1.00. The van der Waals surface area contributed by atoms with Crippen LogP contribution in [0.15, 0.2) is 0 Å². The van der Waals surface area contributed by atoms with E-state index in [9.17, 15) is 0 Å². The van der Waals surface area contributed by atoms with Gasteiger partial charge in [0.25, 0.3) is 0 Å². The molecule has 3 rings (SSSR count). The zero-order valence-electron chi connectivity index (χ0n) is 10.4. The number of rotatable bonds is 11. The van der Waals surface area contributed by atoms with E-state index in [1.807, 2.05) is 0 Å². The van der Waals surface area contributed by atoms with Gasteiger partial charge in [0.15, 0.2) is 0 Å². The SMILES string of the molecule is C(SCC1CS1)C(CSCC1CS1)SCC1CS1. The minimum atomic E-state index is 0.911. The Labute approximate surface area is 136 Å². The smallest absolute Gasteiger partial charge is 0.0229 e. The van der Waals surface area contributed by atoms with Crippen molar-refractivity contribution in [3.05, 3.63) is 0 Å². The van der Waals surface area contributed by atoms with Crippen molar-refractivity contribution in [1.29, 1.82) is 0 Å². The normalized spacial score (nSPS) is 34.3. The number of hydrogen-bond acceptors (Lipinski definition) is 6. The lowest BCUT2D eigenvalue weighted by atomic mass is 10.5. The van der Waals surface area contributed by atoms with Crippen LogP contribution in [0, 0.1) is 0 Å². The summed E-state index contributed by atoms with van der Waals surface area (Å²) in [4.78, 5) is 0. The van der Waals surface area contributed by atoms with Crippen LogP contribution in [0.5, 0.6) is 0 Å². The molecule has 0 nitrogen and oxygen atoms in total. The molecule has 0 aromatic rings. The minimum Gasteiger partial charge on any atom is -0.160 e. The van der Waals surface area contributed by atoms with Crippen molar-refractivity contribution < 1.29 is 0 Å². The highest BCUT2D eigenvalue weighted by molar-refractivity contribution is 8.11. The lowest BCUT2D eigenvalue weighted by Crippen LogP contribution is -2.14. The van der Waals surface area contributed by atoms with Crippen molar-refractivity contribution in [2.75, 3.05) is 46.0 Å². The summed E-state index contributed by atoms with van der Waals surface area (Å²) in [7, 11) is 0. The van der Waals surface area contributed by atoms with Crippen molar-refractivity contribution in [2.45, 2.75) is 21.0 Å². The predicted molar refractivity (Wildman–Crippen MR) is 99.6 cm³/mol. The molecule has 3 saturated heterocycles. The highest BCUT2D eigenvalue weighted by Gasteiger charge is 2.26. The van der Waals surface area contributed by atoms with Crippen molar-refractivity contribution in [3.63, 3.8) is 0 Å². The summed E-state index contributed by atoms with van der Waals surface area (Å²) in [5.41, 5.74) is 0. The summed E-state index contributed by atoms with van der Waals surface area (Å²) in [5.74, 6) is 11.3. The van der Waals surface area contributed by atoms with Crippen molar-refractivity contribution >= 4 is 70.6 Å². The molecule has 18 heavy (non-hydrogen) atoms. The van der Waals surface area contributed by atoms with Gasteiger partial charge in [0, 0.05) is 67.0 Å². The zero-order chi connectivity index (χ0) is 12.2. The second-order valence-corrected chi connectivity index (χ2v) is 12.4. The van der Waals surface area contributed by atoms with Gasteiger partial charge in [-0.25, -0.2) is 0 Å². The molecule has 0 aliphatic carbocycles. The molecule has 3 atom stereocenters. The van der Waals surface area contributed by atoms with Crippen LogP contribution >= 0.6 is 70.6 Å². The molecule has 3 heterocycles. The summed E-state index contributed by atoms with van der Waals surface area (Å²) in [6, 6.07) is 0. The fourth-order valence-electron chi connectivity index (χ4n) is 1.54. The van der Waals surface area contributed by atoms with Crippen LogP contribution in [0.1, 0.15) is 0 Å². The van der Waals surface area contributed by atoms with Crippen LogP contribution in [0.3, 0.4) is 0 Å². The summed E-state index contributed by atoms with van der Waals surface area (Å²) >= 11 is 13.1. The second-order valence-electron chi connectivity index (χ2n) is 4.90. The van der Waals surface area contributed by atoms with Gasteiger partial charge in [0.05, 0.1) is 0 Å². The quantitative estimate of drug-likeness (QED) is 0.511. The first-order valence-electron chi connectivity index (χ1n) is 6.52. The van der Waals surface area contributed by atoms with Crippen molar-refractivity contribution in [3.8, 4) is 0 Å². The molecule has 0 aromatic carbocycles. The van der Waals surface area contributed by atoms with Gasteiger partial charge in [0.2, 0.25) is 0 Å². The Balaban J connectivity index is 1.28. The Morgan fingerprint density at radius 1 is 0.778 bits per heavy atom. The largest absolute Gasteiger partial charge is 0.160 e. The molecular weight excluding hydrogens is 337 g/mol. The third kappa shape index (κ3) is 6.70. The van der Waals surface area contributed by atoms with E-state index in [2.05, 4.69) is 70.6 Å². The van der Waals surface area contributed by atoms with Gasteiger partial charge in [-0.3, -0.25) is 0 Å².